The summed E-state index contributed by atoms with van der Waals surface area (Å²) < 4.78 is 1.85. The molecule has 2 heterocycles. The third-order valence-electron chi connectivity index (χ3n) is 1.87. The fraction of sp³-hybridized carbons (Fsp3) is 0.333. The van der Waals surface area contributed by atoms with Crippen molar-refractivity contribution in [2.45, 2.75) is 17.1 Å². The summed E-state index contributed by atoms with van der Waals surface area (Å²) in [7, 11) is 1.90. The second kappa shape index (κ2) is 4.93. The molecule has 2 aromatic rings. The molecule has 0 saturated heterocycles. The molecule has 2 aromatic heterocycles. The Labute approximate surface area is 97.5 Å². The zero-order valence-corrected chi connectivity index (χ0v) is 9.90. The molecule has 0 aromatic carbocycles. The molecule has 84 valence electrons. The van der Waals surface area contributed by atoms with Crippen LogP contribution in [0.2, 0.25) is 0 Å². The predicted octanol–water partition coefficient (Wildman–Crippen LogP) is 1.19. The van der Waals surface area contributed by atoms with Gasteiger partial charge in [0.1, 0.15) is 23.5 Å². The SMILES string of the molecule is CCNc1cc(Sc2nncn2C)ncn1. The molecule has 0 amide bonds. The summed E-state index contributed by atoms with van der Waals surface area (Å²) in [5.74, 6) is 0.821. The van der Waals surface area contributed by atoms with Gasteiger partial charge < -0.3 is 9.88 Å². The van der Waals surface area contributed by atoms with Crippen molar-refractivity contribution >= 4 is 17.6 Å². The van der Waals surface area contributed by atoms with Gasteiger partial charge in [0, 0.05) is 19.7 Å². The van der Waals surface area contributed by atoms with E-state index in [-0.39, 0.29) is 0 Å². The zero-order valence-electron chi connectivity index (χ0n) is 9.08. The van der Waals surface area contributed by atoms with Crippen molar-refractivity contribution in [1.82, 2.24) is 24.7 Å². The maximum absolute atomic E-state index is 4.17. The lowest BCUT2D eigenvalue weighted by atomic mass is 10.5. The minimum absolute atomic E-state index is 0.807. The van der Waals surface area contributed by atoms with Crippen molar-refractivity contribution in [3.8, 4) is 0 Å². The number of rotatable bonds is 4. The lowest BCUT2D eigenvalue weighted by Crippen LogP contribution is -1.99. The van der Waals surface area contributed by atoms with Gasteiger partial charge in [0.05, 0.1) is 0 Å². The normalized spacial score (nSPS) is 10.4. The van der Waals surface area contributed by atoms with Gasteiger partial charge in [-0.15, -0.1) is 10.2 Å². The summed E-state index contributed by atoms with van der Waals surface area (Å²) in [5, 5.41) is 12.6. The molecule has 0 fully saturated rings. The van der Waals surface area contributed by atoms with E-state index >= 15 is 0 Å². The average molecular weight is 236 g/mol. The standard InChI is InChI=1S/C9H12N6S/c1-3-10-7-4-8(12-5-11-7)16-9-14-13-6-15(9)2/h4-6H,3H2,1-2H3,(H,10,11,12). The molecule has 0 aliphatic rings. The van der Waals surface area contributed by atoms with E-state index in [1.54, 1.807) is 6.33 Å². The van der Waals surface area contributed by atoms with E-state index in [9.17, 15) is 0 Å². The highest BCUT2D eigenvalue weighted by atomic mass is 32.2. The Morgan fingerprint density at radius 1 is 1.44 bits per heavy atom. The van der Waals surface area contributed by atoms with Crippen molar-refractivity contribution in [2.75, 3.05) is 11.9 Å². The monoisotopic (exact) mass is 236 g/mol. The van der Waals surface area contributed by atoms with E-state index in [4.69, 9.17) is 0 Å². The van der Waals surface area contributed by atoms with Crippen LogP contribution in [0.25, 0.3) is 0 Å². The molecule has 2 rings (SSSR count). The van der Waals surface area contributed by atoms with E-state index in [0.29, 0.717) is 0 Å². The third-order valence-corrected chi connectivity index (χ3v) is 2.85. The Hall–Kier alpha value is -1.63. The molecule has 7 heteroatoms. The van der Waals surface area contributed by atoms with Crippen LogP contribution in [0, 0.1) is 0 Å². The van der Waals surface area contributed by atoms with Crippen molar-refractivity contribution in [3.05, 3.63) is 18.7 Å². The van der Waals surface area contributed by atoms with Gasteiger partial charge in [0.2, 0.25) is 0 Å². The molecule has 0 radical (unpaired) electrons. The molecule has 0 unspecified atom stereocenters. The highest BCUT2D eigenvalue weighted by Gasteiger charge is 2.05. The van der Waals surface area contributed by atoms with Crippen LogP contribution in [0.15, 0.2) is 28.9 Å². The predicted molar refractivity (Wildman–Crippen MR) is 61.3 cm³/mol. The minimum Gasteiger partial charge on any atom is -0.370 e. The van der Waals surface area contributed by atoms with E-state index < -0.39 is 0 Å². The van der Waals surface area contributed by atoms with Crippen molar-refractivity contribution < 1.29 is 0 Å². The van der Waals surface area contributed by atoms with Gasteiger partial charge in [-0.3, -0.25) is 0 Å². The minimum atomic E-state index is 0.807. The Bertz CT molecular complexity index is 469. The summed E-state index contributed by atoms with van der Waals surface area (Å²) >= 11 is 1.46. The van der Waals surface area contributed by atoms with Crippen LogP contribution in [-0.2, 0) is 7.05 Å². The number of hydrogen-bond acceptors (Lipinski definition) is 6. The van der Waals surface area contributed by atoms with Gasteiger partial charge in [-0.1, -0.05) is 0 Å². The number of hydrogen-bond donors (Lipinski definition) is 1. The highest BCUT2D eigenvalue weighted by Crippen LogP contribution is 2.23. The van der Waals surface area contributed by atoms with Crippen LogP contribution in [-0.4, -0.2) is 31.3 Å². The number of aromatic nitrogens is 5. The van der Waals surface area contributed by atoms with Crippen LogP contribution in [0.5, 0.6) is 0 Å². The number of aryl methyl sites for hydroxylation is 1. The number of nitrogens with one attached hydrogen (secondary N) is 1. The zero-order chi connectivity index (χ0) is 11.4. The Kier molecular flexibility index (Phi) is 3.35. The maximum Gasteiger partial charge on any atom is 0.197 e. The molecule has 0 bridgehead atoms. The van der Waals surface area contributed by atoms with Crippen LogP contribution < -0.4 is 5.32 Å². The number of anilines is 1. The van der Waals surface area contributed by atoms with Crippen molar-refractivity contribution in [3.63, 3.8) is 0 Å². The van der Waals surface area contributed by atoms with Gasteiger partial charge in [-0.2, -0.15) is 0 Å². The first-order valence-electron chi connectivity index (χ1n) is 4.87. The van der Waals surface area contributed by atoms with Gasteiger partial charge >= 0.3 is 0 Å². The van der Waals surface area contributed by atoms with Crippen molar-refractivity contribution in [1.29, 1.82) is 0 Å². The fourth-order valence-electron chi connectivity index (χ4n) is 1.13. The summed E-state index contributed by atoms with van der Waals surface area (Å²) in [6.07, 6.45) is 3.20. The van der Waals surface area contributed by atoms with Crippen LogP contribution in [0.1, 0.15) is 6.92 Å². The molecule has 0 aliphatic heterocycles. The third kappa shape index (κ3) is 2.48. The molecule has 6 nitrogen and oxygen atoms in total. The Morgan fingerprint density at radius 2 is 2.31 bits per heavy atom. The summed E-state index contributed by atoms with van der Waals surface area (Å²) in [6.45, 7) is 2.86. The molecule has 0 atom stereocenters. The van der Waals surface area contributed by atoms with Gasteiger partial charge in [0.25, 0.3) is 0 Å². The largest absolute Gasteiger partial charge is 0.370 e. The molecular weight excluding hydrogens is 224 g/mol. The second-order valence-electron chi connectivity index (χ2n) is 3.10. The molecule has 1 N–H and O–H groups in total. The Balaban J connectivity index is 2.15. The van der Waals surface area contributed by atoms with E-state index in [0.717, 1.165) is 22.5 Å². The smallest absolute Gasteiger partial charge is 0.197 e. The fourth-order valence-corrected chi connectivity index (χ4v) is 1.87. The van der Waals surface area contributed by atoms with Crippen molar-refractivity contribution in [2.24, 2.45) is 7.05 Å². The summed E-state index contributed by atoms with van der Waals surface area (Å²) in [6, 6.07) is 1.89. The van der Waals surface area contributed by atoms with Gasteiger partial charge in [0.15, 0.2) is 5.16 Å². The topological polar surface area (TPSA) is 68.5 Å². The van der Waals surface area contributed by atoms with Crippen LogP contribution in [0.4, 0.5) is 5.82 Å². The summed E-state index contributed by atoms with van der Waals surface area (Å²) in [5.41, 5.74) is 0. The first-order chi connectivity index (χ1) is 7.79. The summed E-state index contributed by atoms with van der Waals surface area (Å²) in [4.78, 5) is 8.27. The lowest BCUT2D eigenvalue weighted by Gasteiger charge is -2.03. The van der Waals surface area contributed by atoms with Crippen LogP contribution in [0.3, 0.4) is 0 Å². The van der Waals surface area contributed by atoms with E-state index in [1.165, 1.54) is 18.1 Å². The quantitative estimate of drug-likeness (QED) is 0.804. The molecule has 0 saturated carbocycles. The molecular formula is C9H12N6S. The van der Waals surface area contributed by atoms with E-state index in [1.807, 2.05) is 24.6 Å². The lowest BCUT2D eigenvalue weighted by molar-refractivity contribution is 0.787. The van der Waals surface area contributed by atoms with Crippen LogP contribution >= 0.6 is 11.8 Å². The molecule has 0 spiro atoms. The maximum atomic E-state index is 4.17. The van der Waals surface area contributed by atoms with Gasteiger partial charge in [-0.05, 0) is 18.7 Å². The Morgan fingerprint density at radius 3 is 3.00 bits per heavy atom. The highest BCUT2D eigenvalue weighted by molar-refractivity contribution is 7.99. The first kappa shape index (κ1) is 10.9. The second-order valence-corrected chi connectivity index (χ2v) is 4.09. The van der Waals surface area contributed by atoms with Gasteiger partial charge in [-0.25, -0.2) is 9.97 Å². The molecule has 16 heavy (non-hydrogen) atoms. The number of nitrogens with zero attached hydrogens (tertiary/aromatic N) is 5. The first-order valence-corrected chi connectivity index (χ1v) is 5.69. The molecule has 0 aliphatic carbocycles. The van der Waals surface area contributed by atoms with E-state index in [2.05, 4.69) is 25.5 Å². The average Bonchev–Trinajstić information content (AvgIpc) is 2.66.